The summed E-state index contributed by atoms with van der Waals surface area (Å²) < 4.78 is 5.32. The van der Waals surface area contributed by atoms with Gasteiger partial charge in [0.05, 0.1) is 7.11 Å². The molecule has 0 unspecified atom stereocenters. The zero-order valence-corrected chi connectivity index (χ0v) is 12.8. The van der Waals surface area contributed by atoms with Gasteiger partial charge in [-0.1, -0.05) is 0 Å². The molecule has 2 aromatic rings. The highest BCUT2D eigenvalue weighted by molar-refractivity contribution is 5.61. The summed E-state index contributed by atoms with van der Waals surface area (Å²) in [5.74, 6) is 3.21. The minimum Gasteiger partial charge on any atom is -0.496 e. The molecule has 0 spiro atoms. The van der Waals surface area contributed by atoms with Gasteiger partial charge in [0.15, 0.2) is 5.82 Å². The first-order valence-electron chi connectivity index (χ1n) is 7.49. The predicted octanol–water partition coefficient (Wildman–Crippen LogP) is 3.77. The third-order valence-corrected chi connectivity index (χ3v) is 3.75. The molecule has 21 heavy (non-hydrogen) atoms. The van der Waals surface area contributed by atoms with Gasteiger partial charge in [-0.05, 0) is 50.5 Å². The number of hydrogen-bond acceptors (Lipinski definition) is 4. The summed E-state index contributed by atoms with van der Waals surface area (Å²) >= 11 is 0. The van der Waals surface area contributed by atoms with Crippen LogP contribution < -0.4 is 10.1 Å². The lowest BCUT2D eigenvalue weighted by molar-refractivity contribution is 0.412. The van der Waals surface area contributed by atoms with Crippen molar-refractivity contribution in [2.45, 2.75) is 32.6 Å². The zero-order chi connectivity index (χ0) is 14.8. The van der Waals surface area contributed by atoms with Gasteiger partial charge < -0.3 is 10.1 Å². The average Bonchev–Trinajstić information content (AvgIpc) is 3.32. The van der Waals surface area contributed by atoms with Crippen LogP contribution in [0.2, 0.25) is 0 Å². The Labute approximate surface area is 125 Å². The molecule has 0 bridgehead atoms. The van der Waals surface area contributed by atoms with E-state index >= 15 is 0 Å². The number of aryl methyl sites for hydroxylation is 1. The van der Waals surface area contributed by atoms with Crippen molar-refractivity contribution in [2.24, 2.45) is 0 Å². The largest absolute Gasteiger partial charge is 0.496 e. The van der Waals surface area contributed by atoms with E-state index in [1.807, 2.05) is 19.1 Å². The first kappa shape index (κ1) is 13.9. The van der Waals surface area contributed by atoms with Crippen molar-refractivity contribution in [1.29, 1.82) is 0 Å². The summed E-state index contributed by atoms with van der Waals surface area (Å²) in [6, 6.07) is 8.17. The summed E-state index contributed by atoms with van der Waals surface area (Å²) in [6.45, 7) is 4.98. The van der Waals surface area contributed by atoms with E-state index in [9.17, 15) is 0 Å². The van der Waals surface area contributed by atoms with Crippen molar-refractivity contribution in [1.82, 2.24) is 9.97 Å². The summed E-state index contributed by atoms with van der Waals surface area (Å²) in [5.41, 5.74) is 3.29. The van der Waals surface area contributed by atoms with Crippen LogP contribution in [0.4, 0.5) is 5.82 Å². The molecule has 0 aliphatic heterocycles. The molecule has 3 rings (SSSR count). The highest BCUT2D eigenvalue weighted by Gasteiger charge is 2.26. The molecule has 0 radical (unpaired) electrons. The van der Waals surface area contributed by atoms with E-state index in [1.165, 1.54) is 12.8 Å². The number of nitrogens with zero attached hydrogens (tertiary/aromatic N) is 2. The van der Waals surface area contributed by atoms with Crippen molar-refractivity contribution < 1.29 is 4.74 Å². The normalized spacial score (nSPS) is 14.0. The molecule has 4 nitrogen and oxygen atoms in total. The molecule has 0 amide bonds. The monoisotopic (exact) mass is 283 g/mol. The molecule has 1 N–H and O–H groups in total. The van der Waals surface area contributed by atoms with Gasteiger partial charge in [-0.3, -0.25) is 0 Å². The van der Waals surface area contributed by atoms with Gasteiger partial charge in [0.25, 0.3) is 0 Å². The number of benzene rings is 1. The maximum atomic E-state index is 5.32. The molecule has 1 aliphatic rings. The maximum Gasteiger partial charge on any atom is 0.161 e. The second-order valence-electron chi connectivity index (χ2n) is 5.49. The Bertz CT molecular complexity index is 650. The number of nitrogens with one attached hydrogen (secondary N) is 1. The van der Waals surface area contributed by atoms with Crippen LogP contribution in [-0.2, 0) is 0 Å². The third kappa shape index (κ3) is 2.99. The van der Waals surface area contributed by atoms with Crippen LogP contribution in [-0.4, -0.2) is 23.6 Å². The molecule has 1 fully saturated rings. The number of aromatic nitrogens is 2. The van der Waals surface area contributed by atoms with Crippen LogP contribution in [0, 0.1) is 6.92 Å². The van der Waals surface area contributed by atoms with E-state index in [0.717, 1.165) is 40.8 Å². The maximum absolute atomic E-state index is 5.32. The number of methoxy groups -OCH3 is 1. The van der Waals surface area contributed by atoms with Gasteiger partial charge in [0, 0.05) is 29.8 Å². The van der Waals surface area contributed by atoms with E-state index in [4.69, 9.17) is 9.72 Å². The quantitative estimate of drug-likeness (QED) is 0.907. The average molecular weight is 283 g/mol. The van der Waals surface area contributed by atoms with Gasteiger partial charge in [-0.2, -0.15) is 0 Å². The lowest BCUT2D eigenvalue weighted by Gasteiger charge is -2.10. The van der Waals surface area contributed by atoms with Gasteiger partial charge in [-0.25, -0.2) is 9.97 Å². The molecule has 0 saturated heterocycles. The van der Waals surface area contributed by atoms with Crippen LogP contribution >= 0.6 is 0 Å². The third-order valence-electron chi connectivity index (χ3n) is 3.75. The van der Waals surface area contributed by atoms with E-state index < -0.39 is 0 Å². The molecule has 1 heterocycles. The summed E-state index contributed by atoms with van der Waals surface area (Å²) in [7, 11) is 1.69. The molecule has 4 heteroatoms. The van der Waals surface area contributed by atoms with Crippen molar-refractivity contribution in [3.05, 3.63) is 35.5 Å². The Hall–Kier alpha value is -2.10. The SMILES string of the molecule is CCNc1cc(C2CC2)nc(-c2ccc(OC)c(C)c2)n1. The van der Waals surface area contributed by atoms with Gasteiger partial charge >= 0.3 is 0 Å². The predicted molar refractivity (Wildman–Crippen MR) is 84.9 cm³/mol. The Kier molecular flexibility index (Phi) is 3.78. The van der Waals surface area contributed by atoms with E-state index in [2.05, 4.69) is 29.4 Å². The molecular weight excluding hydrogens is 262 g/mol. The smallest absolute Gasteiger partial charge is 0.161 e. The van der Waals surface area contributed by atoms with Gasteiger partial charge in [-0.15, -0.1) is 0 Å². The fraction of sp³-hybridized carbons (Fsp3) is 0.412. The Morgan fingerprint density at radius 1 is 1.24 bits per heavy atom. The lowest BCUT2D eigenvalue weighted by Crippen LogP contribution is -2.04. The Balaban J connectivity index is 2.01. The molecule has 1 aromatic carbocycles. The summed E-state index contributed by atoms with van der Waals surface area (Å²) in [5, 5.41) is 3.30. The van der Waals surface area contributed by atoms with Gasteiger partial charge in [0.2, 0.25) is 0 Å². The fourth-order valence-corrected chi connectivity index (χ4v) is 2.47. The van der Waals surface area contributed by atoms with E-state index in [-0.39, 0.29) is 0 Å². The summed E-state index contributed by atoms with van der Waals surface area (Å²) in [4.78, 5) is 9.39. The first-order chi connectivity index (χ1) is 10.2. The lowest BCUT2D eigenvalue weighted by atomic mass is 10.1. The van der Waals surface area contributed by atoms with Crippen LogP contribution in [0.1, 0.15) is 36.9 Å². The number of anilines is 1. The van der Waals surface area contributed by atoms with Crippen LogP contribution in [0.5, 0.6) is 5.75 Å². The Morgan fingerprint density at radius 2 is 2.05 bits per heavy atom. The fourth-order valence-electron chi connectivity index (χ4n) is 2.47. The molecule has 1 saturated carbocycles. The van der Waals surface area contributed by atoms with Crippen LogP contribution in [0.3, 0.4) is 0 Å². The molecule has 1 aromatic heterocycles. The zero-order valence-electron chi connectivity index (χ0n) is 12.8. The van der Waals surface area contributed by atoms with E-state index in [1.54, 1.807) is 7.11 Å². The molecular formula is C17H21N3O. The Morgan fingerprint density at radius 3 is 2.67 bits per heavy atom. The van der Waals surface area contributed by atoms with Crippen molar-refractivity contribution in [2.75, 3.05) is 19.0 Å². The summed E-state index contributed by atoms with van der Waals surface area (Å²) in [6.07, 6.45) is 2.48. The second kappa shape index (κ2) is 5.72. The van der Waals surface area contributed by atoms with Crippen LogP contribution in [0.15, 0.2) is 24.3 Å². The minimum atomic E-state index is 0.614. The molecule has 1 aliphatic carbocycles. The van der Waals surface area contributed by atoms with Crippen molar-refractivity contribution >= 4 is 5.82 Å². The first-order valence-corrected chi connectivity index (χ1v) is 7.49. The molecule has 0 atom stereocenters. The highest BCUT2D eigenvalue weighted by Crippen LogP contribution is 2.40. The standard InChI is InChI=1S/C17H21N3O/c1-4-18-16-10-14(12-5-6-12)19-17(20-16)13-7-8-15(21-3)11(2)9-13/h7-10,12H,4-6H2,1-3H3,(H,18,19,20). The minimum absolute atomic E-state index is 0.614. The number of hydrogen-bond donors (Lipinski definition) is 1. The number of rotatable bonds is 5. The van der Waals surface area contributed by atoms with Crippen molar-refractivity contribution in [3.8, 4) is 17.1 Å². The second-order valence-corrected chi connectivity index (χ2v) is 5.49. The van der Waals surface area contributed by atoms with Crippen molar-refractivity contribution in [3.63, 3.8) is 0 Å². The number of ether oxygens (including phenoxy) is 1. The van der Waals surface area contributed by atoms with Crippen LogP contribution in [0.25, 0.3) is 11.4 Å². The van der Waals surface area contributed by atoms with Gasteiger partial charge in [0.1, 0.15) is 11.6 Å². The topological polar surface area (TPSA) is 47.0 Å². The van der Waals surface area contributed by atoms with E-state index in [0.29, 0.717) is 5.92 Å². The highest BCUT2D eigenvalue weighted by atomic mass is 16.5. The molecule has 110 valence electrons.